The minimum Gasteiger partial charge on any atom is -0.454 e. The molecule has 128 valence electrons. The predicted molar refractivity (Wildman–Crippen MR) is 99.7 cm³/mol. The Kier molecular flexibility index (Phi) is 4.27. The third kappa shape index (κ3) is 2.94. The van der Waals surface area contributed by atoms with Gasteiger partial charge in [-0.2, -0.15) is 4.99 Å². The number of carbonyl (C=O) groups is 1. The fourth-order valence-corrected chi connectivity index (χ4v) is 4.25. The van der Waals surface area contributed by atoms with Crippen LogP contribution in [0.2, 0.25) is 0 Å². The standard InChI is InChI=1S/C18H16N2O3S2/c1-3-20-13-8-14-15(23-10-22-14)9-16(13)25-18(20)19-17(21)11-4-6-12(24-2)7-5-11/h4-9H,3,10H2,1-2H3. The van der Waals surface area contributed by atoms with Crippen LogP contribution in [0.15, 0.2) is 46.3 Å². The number of aromatic nitrogens is 1. The predicted octanol–water partition coefficient (Wildman–Crippen LogP) is 3.91. The Morgan fingerprint density at radius 2 is 1.96 bits per heavy atom. The zero-order valence-corrected chi connectivity index (χ0v) is 15.4. The van der Waals surface area contributed by atoms with Crippen LogP contribution in [0.5, 0.6) is 11.5 Å². The zero-order chi connectivity index (χ0) is 17.4. The number of hydrogen-bond donors (Lipinski definition) is 0. The summed E-state index contributed by atoms with van der Waals surface area (Å²) in [4.78, 5) is 18.7. The van der Waals surface area contributed by atoms with Crippen LogP contribution in [0.25, 0.3) is 10.2 Å². The fraction of sp³-hybridized carbons (Fsp3) is 0.222. The third-order valence-electron chi connectivity index (χ3n) is 4.03. The highest BCUT2D eigenvalue weighted by atomic mass is 32.2. The smallest absolute Gasteiger partial charge is 0.279 e. The second-order valence-electron chi connectivity index (χ2n) is 5.45. The van der Waals surface area contributed by atoms with Crippen LogP contribution in [-0.4, -0.2) is 23.5 Å². The number of hydrogen-bond acceptors (Lipinski definition) is 5. The molecule has 0 saturated heterocycles. The number of ether oxygens (including phenoxy) is 2. The van der Waals surface area contributed by atoms with E-state index in [9.17, 15) is 4.79 Å². The first kappa shape index (κ1) is 16.2. The first-order chi connectivity index (χ1) is 12.2. The van der Waals surface area contributed by atoms with E-state index in [0.29, 0.717) is 10.4 Å². The molecule has 2 heterocycles. The minimum atomic E-state index is -0.235. The molecule has 0 saturated carbocycles. The Bertz CT molecular complexity index is 1020. The van der Waals surface area contributed by atoms with E-state index in [1.165, 1.54) is 11.3 Å². The van der Waals surface area contributed by atoms with E-state index in [0.717, 1.165) is 33.2 Å². The van der Waals surface area contributed by atoms with E-state index in [1.54, 1.807) is 11.8 Å². The van der Waals surface area contributed by atoms with Crippen LogP contribution in [-0.2, 0) is 6.54 Å². The minimum absolute atomic E-state index is 0.235. The van der Waals surface area contributed by atoms with Crippen molar-refractivity contribution in [2.45, 2.75) is 18.4 Å². The van der Waals surface area contributed by atoms with E-state index in [2.05, 4.69) is 4.99 Å². The molecule has 7 heteroatoms. The number of thiazole rings is 1. The average Bonchev–Trinajstić information content (AvgIpc) is 3.22. The largest absolute Gasteiger partial charge is 0.454 e. The zero-order valence-electron chi connectivity index (χ0n) is 13.8. The molecule has 25 heavy (non-hydrogen) atoms. The molecule has 0 radical (unpaired) electrons. The summed E-state index contributed by atoms with van der Waals surface area (Å²) in [7, 11) is 0. The van der Waals surface area contributed by atoms with Crippen LogP contribution in [0.4, 0.5) is 0 Å². The summed E-state index contributed by atoms with van der Waals surface area (Å²) in [5, 5.41) is 0. The van der Waals surface area contributed by atoms with Gasteiger partial charge in [0, 0.05) is 29.1 Å². The van der Waals surface area contributed by atoms with Gasteiger partial charge < -0.3 is 14.0 Å². The van der Waals surface area contributed by atoms with Gasteiger partial charge in [0.2, 0.25) is 6.79 Å². The Labute approximate surface area is 152 Å². The van der Waals surface area contributed by atoms with Crippen LogP contribution in [0.3, 0.4) is 0 Å². The monoisotopic (exact) mass is 372 g/mol. The number of nitrogens with zero attached hydrogens (tertiary/aromatic N) is 2. The van der Waals surface area contributed by atoms with Gasteiger partial charge in [-0.25, -0.2) is 0 Å². The summed E-state index contributed by atoms with van der Waals surface area (Å²) in [5.41, 5.74) is 1.59. The van der Waals surface area contributed by atoms with Crippen LogP contribution in [0.1, 0.15) is 17.3 Å². The van der Waals surface area contributed by atoms with Crippen molar-refractivity contribution >= 4 is 39.2 Å². The highest BCUT2D eigenvalue weighted by Crippen LogP contribution is 2.36. The van der Waals surface area contributed by atoms with Crippen LogP contribution < -0.4 is 14.3 Å². The highest BCUT2D eigenvalue weighted by molar-refractivity contribution is 7.98. The molecule has 2 aromatic carbocycles. The molecular formula is C18H16N2O3S2. The van der Waals surface area contributed by atoms with Crippen molar-refractivity contribution in [3.8, 4) is 11.5 Å². The Morgan fingerprint density at radius 3 is 2.64 bits per heavy atom. The molecule has 5 nitrogen and oxygen atoms in total. The van der Waals surface area contributed by atoms with Gasteiger partial charge in [0.05, 0.1) is 10.2 Å². The van der Waals surface area contributed by atoms with Gasteiger partial charge in [0.1, 0.15) is 0 Å². The lowest BCUT2D eigenvalue weighted by atomic mass is 10.2. The van der Waals surface area contributed by atoms with E-state index in [1.807, 2.05) is 54.1 Å². The topological polar surface area (TPSA) is 52.8 Å². The highest BCUT2D eigenvalue weighted by Gasteiger charge is 2.17. The van der Waals surface area contributed by atoms with E-state index >= 15 is 0 Å². The Hall–Kier alpha value is -2.25. The third-order valence-corrected chi connectivity index (χ3v) is 5.81. The molecule has 0 bridgehead atoms. The molecular weight excluding hydrogens is 356 g/mol. The lowest BCUT2D eigenvalue weighted by Crippen LogP contribution is -2.15. The van der Waals surface area contributed by atoms with Crippen LogP contribution >= 0.6 is 23.1 Å². The SMILES string of the molecule is CCn1c(=NC(=O)c2ccc(SC)cc2)sc2cc3c(cc21)OCO3. The number of rotatable bonds is 3. The number of amides is 1. The molecule has 1 aliphatic heterocycles. The normalized spacial score (nSPS) is 13.6. The summed E-state index contributed by atoms with van der Waals surface area (Å²) in [5.74, 6) is 1.24. The second-order valence-corrected chi connectivity index (χ2v) is 7.34. The van der Waals surface area contributed by atoms with E-state index in [4.69, 9.17) is 9.47 Å². The maximum atomic E-state index is 12.5. The number of thioether (sulfide) groups is 1. The van der Waals surface area contributed by atoms with Crippen molar-refractivity contribution < 1.29 is 14.3 Å². The summed E-state index contributed by atoms with van der Waals surface area (Å²) < 4.78 is 13.9. The summed E-state index contributed by atoms with van der Waals surface area (Å²) in [6, 6.07) is 11.4. The van der Waals surface area contributed by atoms with Gasteiger partial charge in [0.25, 0.3) is 5.91 Å². The molecule has 0 N–H and O–H groups in total. The molecule has 1 amide bonds. The molecule has 0 aliphatic carbocycles. The Morgan fingerprint density at radius 1 is 1.24 bits per heavy atom. The molecule has 0 spiro atoms. The number of aryl methyl sites for hydroxylation is 1. The van der Waals surface area contributed by atoms with E-state index < -0.39 is 0 Å². The van der Waals surface area contributed by atoms with Crippen molar-refractivity contribution in [2.24, 2.45) is 4.99 Å². The fourth-order valence-electron chi connectivity index (χ4n) is 2.74. The quantitative estimate of drug-likeness (QED) is 0.654. The second kappa shape index (κ2) is 6.57. The van der Waals surface area contributed by atoms with Gasteiger partial charge in [0.15, 0.2) is 16.3 Å². The lowest BCUT2D eigenvalue weighted by molar-refractivity contribution is 0.0998. The van der Waals surface area contributed by atoms with Crippen molar-refractivity contribution in [1.82, 2.24) is 4.57 Å². The van der Waals surface area contributed by atoms with E-state index in [-0.39, 0.29) is 12.7 Å². The average molecular weight is 372 g/mol. The number of carbonyl (C=O) groups excluding carboxylic acids is 1. The lowest BCUT2D eigenvalue weighted by Gasteiger charge is -2.02. The van der Waals surface area contributed by atoms with Gasteiger partial charge in [-0.3, -0.25) is 4.79 Å². The molecule has 0 fully saturated rings. The van der Waals surface area contributed by atoms with Crippen molar-refractivity contribution in [2.75, 3.05) is 13.0 Å². The summed E-state index contributed by atoms with van der Waals surface area (Å²) in [6.45, 7) is 3.01. The molecule has 3 aromatic rings. The molecule has 0 unspecified atom stereocenters. The molecule has 1 aromatic heterocycles. The molecule has 0 atom stereocenters. The van der Waals surface area contributed by atoms with Crippen molar-refractivity contribution in [3.05, 3.63) is 46.8 Å². The Balaban J connectivity index is 1.79. The van der Waals surface area contributed by atoms with Crippen molar-refractivity contribution in [3.63, 3.8) is 0 Å². The van der Waals surface area contributed by atoms with Crippen LogP contribution in [0, 0.1) is 0 Å². The summed E-state index contributed by atoms with van der Waals surface area (Å²) in [6.07, 6.45) is 2.01. The number of fused-ring (bicyclic) bond motifs is 2. The summed E-state index contributed by atoms with van der Waals surface area (Å²) >= 11 is 3.13. The molecule has 4 rings (SSSR count). The first-order valence-corrected chi connectivity index (χ1v) is 9.90. The molecule has 1 aliphatic rings. The van der Waals surface area contributed by atoms with Crippen molar-refractivity contribution in [1.29, 1.82) is 0 Å². The van der Waals surface area contributed by atoms with Gasteiger partial charge >= 0.3 is 0 Å². The van der Waals surface area contributed by atoms with Gasteiger partial charge in [-0.15, -0.1) is 11.8 Å². The first-order valence-electron chi connectivity index (χ1n) is 7.85. The number of benzene rings is 2. The van der Waals surface area contributed by atoms with Gasteiger partial charge in [-0.05, 0) is 37.4 Å². The van der Waals surface area contributed by atoms with Gasteiger partial charge in [-0.1, -0.05) is 11.3 Å². The maximum absolute atomic E-state index is 12.5. The maximum Gasteiger partial charge on any atom is 0.279 e.